The molecule has 2 aliphatic rings. The number of nitrogens with zero attached hydrogens (tertiary/aromatic N) is 3. The second-order valence-corrected chi connectivity index (χ2v) is 7.85. The Hall–Kier alpha value is -2.81. The van der Waals surface area contributed by atoms with E-state index in [1.54, 1.807) is 12.1 Å². The van der Waals surface area contributed by atoms with E-state index in [-0.39, 0.29) is 23.7 Å². The zero-order chi connectivity index (χ0) is 21.1. The van der Waals surface area contributed by atoms with Crippen LogP contribution in [0.3, 0.4) is 0 Å². The molecule has 0 bridgehead atoms. The molecule has 1 aliphatic heterocycles. The van der Waals surface area contributed by atoms with Crippen molar-refractivity contribution in [1.82, 2.24) is 20.4 Å². The van der Waals surface area contributed by atoms with Crippen molar-refractivity contribution in [1.29, 1.82) is 0 Å². The van der Waals surface area contributed by atoms with Crippen LogP contribution in [0.25, 0.3) is 0 Å². The van der Waals surface area contributed by atoms with Crippen molar-refractivity contribution in [2.45, 2.75) is 49.8 Å². The number of rotatable bonds is 5. The number of piperidine rings is 1. The molecule has 2 fully saturated rings. The Balaban J connectivity index is 1.62. The highest BCUT2D eigenvalue weighted by Crippen LogP contribution is 2.40. The van der Waals surface area contributed by atoms with E-state index >= 15 is 0 Å². The number of halogens is 2. The Bertz CT molecular complexity index is 877. The highest BCUT2D eigenvalue weighted by Gasteiger charge is 2.44. The van der Waals surface area contributed by atoms with Crippen LogP contribution in [-0.4, -0.2) is 57.6 Å². The summed E-state index contributed by atoms with van der Waals surface area (Å²) in [5.41, 5.74) is 0.921. The van der Waals surface area contributed by atoms with E-state index in [4.69, 9.17) is 4.74 Å². The van der Waals surface area contributed by atoms with E-state index in [0.717, 1.165) is 37.2 Å². The number of benzene rings is 1. The molecule has 1 aromatic carbocycles. The summed E-state index contributed by atoms with van der Waals surface area (Å²) in [6, 6.07) is 6.77. The van der Waals surface area contributed by atoms with Gasteiger partial charge in [-0.1, -0.05) is 12.1 Å². The van der Waals surface area contributed by atoms with E-state index in [2.05, 4.69) is 15.5 Å². The normalized spacial score (nSPS) is 26.3. The molecule has 1 aromatic heterocycles. The van der Waals surface area contributed by atoms with Crippen LogP contribution in [0.1, 0.15) is 37.2 Å². The maximum atomic E-state index is 13.6. The average molecular weight is 418 g/mol. The predicted molar refractivity (Wildman–Crippen MR) is 104 cm³/mol. The lowest BCUT2D eigenvalue weighted by Crippen LogP contribution is -2.55. The zero-order valence-corrected chi connectivity index (χ0v) is 16.4. The number of hydrogen-bond acceptors (Lipinski definition) is 5. The van der Waals surface area contributed by atoms with Crippen LogP contribution in [0.2, 0.25) is 0 Å². The molecule has 30 heavy (non-hydrogen) atoms. The van der Waals surface area contributed by atoms with E-state index in [1.165, 1.54) is 17.0 Å². The SMILES string of the molecule is O=C(O)N(C1CCCNC1)C1CC(c2ccc(F)cc2)CC1Oc1cc(F)cnn1. The fourth-order valence-electron chi connectivity index (χ4n) is 4.58. The van der Waals surface area contributed by atoms with Gasteiger partial charge in [0.2, 0.25) is 5.88 Å². The molecule has 160 valence electrons. The van der Waals surface area contributed by atoms with Crippen LogP contribution >= 0.6 is 0 Å². The lowest BCUT2D eigenvalue weighted by molar-refractivity contribution is 0.0448. The van der Waals surface area contributed by atoms with Gasteiger partial charge in [-0.3, -0.25) is 4.90 Å². The van der Waals surface area contributed by atoms with Crippen LogP contribution in [0, 0.1) is 11.6 Å². The minimum Gasteiger partial charge on any atom is -0.471 e. The summed E-state index contributed by atoms with van der Waals surface area (Å²) >= 11 is 0. The van der Waals surface area contributed by atoms with Gasteiger partial charge in [-0.25, -0.2) is 13.6 Å². The molecule has 2 N–H and O–H groups in total. The van der Waals surface area contributed by atoms with Crippen LogP contribution in [0.15, 0.2) is 36.5 Å². The number of hydrogen-bond donors (Lipinski definition) is 2. The number of aromatic nitrogens is 2. The Labute approximate surface area is 173 Å². The smallest absolute Gasteiger partial charge is 0.407 e. The van der Waals surface area contributed by atoms with Crippen molar-refractivity contribution in [2.75, 3.05) is 13.1 Å². The van der Waals surface area contributed by atoms with Crippen LogP contribution in [0.5, 0.6) is 5.88 Å². The van der Waals surface area contributed by atoms with Crippen LogP contribution in [0.4, 0.5) is 13.6 Å². The first kappa shape index (κ1) is 20.5. The monoisotopic (exact) mass is 418 g/mol. The van der Waals surface area contributed by atoms with Gasteiger partial charge in [0.25, 0.3) is 0 Å². The maximum absolute atomic E-state index is 13.6. The third-order valence-electron chi connectivity index (χ3n) is 5.93. The molecule has 0 radical (unpaired) electrons. The van der Waals surface area contributed by atoms with Crippen LogP contribution < -0.4 is 10.1 Å². The molecule has 1 saturated heterocycles. The molecule has 2 aromatic rings. The molecule has 1 saturated carbocycles. The van der Waals surface area contributed by atoms with E-state index < -0.39 is 24.1 Å². The Morgan fingerprint density at radius 2 is 2.00 bits per heavy atom. The standard InChI is InChI=1S/C21H24F2N4O3/c22-15-5-3-13(4-6-15)14-8-18(27(21(28)29)17-2-1-7-24-12-17)19(9-14)30-20-10-16(23)11-25-26-20/h3-6,10-11,14,17-19,24H,1-2,7-9,12H2,(H,28,29). The molecule has 2 heterocycles. The molecule has 4 unspecified atom stereocenters. The minimum absolute atomic E-state index is 0.0134. The van der Waals surface area contributed by atoms with Gasteiger partial charge in [-0.05, 0) is 55.8 Å². The topological polar surface area (TPSA) is 87.6 Å². The Morgan fingerprint density at radius 3 is 2.67 bits per heavy atom. The summed E-state index contributed by atoms with van der Waals surface area (Å²) in [7, 11) is 0. The molecule has 4 rings (SSSR count). The predicted octanol–water partition coefficient (Wildman–Crippen LogP) is 3.18. The third kappa shape index (κ3) is 4.51. The molecule has 4 atom stereocenters. The quantitative estimate of drug-likeness (QED) is 0.776. The second kappa shape index (κ2) is 8.91. The van der Waals surface area contributed by atoms with Crippen molar-refractivity contribution in [3.05, 3.63) is 53.7 Å². The van der Waals surface area contributed by atoms with Crippen molar-refractivity contribution < 1.29 is 23.4 Å². The van der Waals surface area contributed by atoms with Gasteiger partial charge < -0.3 is 15.2 Å². The van der Waals surface area contributed by atoms with Crippen molar-refractivity contribution in [3.8, 4) is 5.88 Å². The van der Waals surface area contributed by atoms with Gasteiger partial charge in [0.15, 0.2) is 0 Å². The fraction of sp³-hybridized carbons (Fsp3) is 0.476. The number of carbonyl (C=O) groups is 1. The molecule has 0 spiro atoms. The zero-order valence-electron chi connectivity index (χ0n) is 16.4. The van der Waals surface area contributed by atoms with Crippen molar-refractivity contribution >= 4 is 6.09 Å². The van der Waals surface area contributed by atoms with Crippen LogP contribution in [-0.2, 0) is 0 Å². The molecule has 7 nitrogen and oxygen atoms in total. The molecule has 1 amide bonds. The highest BCUT2D eigenvalue weighted by atomic mass is 19.1. The molecule has 1 aliphatic carbocycles. The lowest BCUT2D eigenvalue weighted by atomic mass is 9.97. The minimum atomic E-state index is -1.01. The first-order valence-electron chi connectivity index (χ1n) is 10.1. The second-order valence-electron chi connectivity index (χ2n) is 7.85. The summed E-state index contributed by atoms with van der Waals surface area (Å²) in [6.07, 6.45) is 2.16. The summed E-state index contributed by atoms with van der Waals surface area (Å²) in [5.74, 6) is -0.884. The summed E-state index contributed by atoms with van der Waals surface area (Å²) in [5, 5.41) is 20.7. The van der Waals surface area contributed by atoms with Gasteiger partial charge in [0.05, 0.1) is 12.2 Å². The number of carboxylic acid groups (broad SMARTS) is 1. The lowest BCUT2D eigenvalue weighted by Gasteiger charge is -2.38. The van der Waals surface area contributed by atoms with Gasteiger partial charge >= 0.3 is 6.09 Å². The first-order chi connectivity index (χ1) is 14.5. The van der Waals surface area contributed by atoms with E-state index in [1.807, 2.05) is 0 Å². The van der Waals surface area contributed by atoms with Gasteiger partial charge in [0, 0.05) is 18.7 Å². The maximum Gasteiger partial charge on any atom is 0.407 e. The Morgan fingerprint density at radius 1 is 1.20 bits per heavy atom. The third-order valence-corrected chi connectivity index (χ3v) is 5.93. The van der Waals surface area contributed by atoms with Crippen molar-refractivity contribution in [2.24, 2.45) is 0 Å². The van der Waals surface area contributed by atoms with Crippen molar-refractivity contribution in [3.63, 3.8) is 0 Å². The van der Waals surface area contributed by atoms with Gasteiger partial charge in [-0.15, -0.1) is 5.10 Å². The summed E-state index contributed by atoms with van der Waals surface area (Å²) in [6.45, 7) is 1.45. The number of nitrogens with one attached hydrogen (secondary N) is 1. The molecule has 9 heteroatoms. The number of amides is 1. The number of ether oxygens (including phenoxy) is 1. The Kier molecular flexibility index (Phi) is 6.08. The average Bonchev–Trinajstić information content (AvgIpc) is 3.12. The first-order valence-corrected chi connectivity index (χ1v) is 10.1. The summed E-state index contributed by atoms with van der Waals surface area (Å²) in [4.78, 5) is 13.7. The molecular formula is C21H24F2N4O3. The van der Waals surface area contributed by atoms with E-state index in [0.29, 0.717) is 19.4 Å². The van der Waals surface area contributed by atoms with Gasteiger partial charge in [0.1, 0.15) is 17.7 Å². The fourth-order valence-corrected chi connectivity index (χ4v) is 4.58. The largest absolute Gasteiger partial charge is 0.471 e. The molecular weight excluding hydrogens is 394 g/mol. The summed E-state index contributed by atoms with van der Waals surface area (Å²) < 4.78 is 32.9. The highest BCUT2D eigenvalue weighted by molar-refractivity contribution is 5.66. The van der Waals surface area contributed by atoms with Gasteiger partial charge in [-0.2, -0.15) is 5.10 Å². The van der Waals surface area contributed by atoms with E-state index in [9.17, 15) is 18.7 Å².